The van der Waals surface area contributed by atoms with Crippen molar-refractivity contribution < 1.29 is 4.39 Å². The zero-order valence-corrected chi connectivity index (χ0v) is 10.1. The van der Waals surface area contributed by atoms with Crippen LogP contribution in [-0.2, 0) is 6.42 Å². The number of rotatable bonds is 3. The Bertz CT molecular complexity index is 496. The highest BCUT2D eigenvalue weighted by Crippen LogP contribution is 2.17. The van der Waals surface area contributed by atoms with E-state index in [9.17, 15) is 4.39 Å². The molecule has 1 heterocycles. The first-order valence-corrected chi connectivity index (χ1v) is 5.69. The molecule has 0 radical (unpaired) electrons. The summed E-state index contributed by atoms with van der Waals surface area (Å²) in [5.74, 6) is -0.290. The van der Waals surface area contributed by atoms with Crippen molar-refractivity contribution in [1.29, 1.82) is 0 Å². The molecule has 0 saturated carbocycles. The third kappa shape index (κ3) is 2.31. The quantitative estimate of drug-likeness (QED) is 0.939. The van der Waals surface area contributed by atoms with Crippen LogP contribution >= 0.6 is 15.9 Å². The molecule has 0 bridgehead atoms. The SMILES string of the molecule is NCCc1ccc(-n2cc(Br)cn2)c(F)c1. The molecule has 0 fully saturated rings. The molecule has 0 atom stereocenters. The molecule has 16 heavy (non-hydrogen) atoms. The number of nitrogens with zero attached hydrogens (tertiary/aromatic N) is 2. The molecule has 2 N–H and O–H groups in total. The van der Waals surface area contributed by atoms with E-state index in [4.69, 9.17) is 5.73 Å². The maximum atomic E-state index is 13.8. The van der Waals surface area contributed by atoms with Crippen molar-refractivity contribution in [3.63, 3.8) is 0 Å². The minimum Gasteiger partial charge on any atom is -0.330 e. The molecule has 84 valence electrons. The second-order valence-electron chi connectivity index (χ2n) is 3.43. The predicted octanol–water partition coefficient (Wildman–Crippen LogP) is 2.28. The van der Waals surface area contributed by atoms with Gasteiger partial charge in [-0.3, -0.25) is 0 Å². The van der Waals surface area contributed by atoms with Crippen LogP contribution < -0.4 is 5.73 Å². The van der Waals surface area contributed by atoms with E-state index in [0.717, 1.165) is 10.0 Å². The van der Waals surface area contributed by atoms with Crippen LogP contribution in [0.25, 0.3) is 5.69 Å². The molecule has 1 aromatic carbocycles. The van der Waals surface area contributed by atoms with Crippen LogP contribution in [0.3, 0.4) is 0 Å². The summed E-state index contributed by atoms with van der Waals surface area (Å²) in [7, 11) is 0. The number of hydrogen-bond donors (Lipinski definition) is 1. The van der Waals surface area contributed by atoms with Gasteiger partial charge in [-0.15, -0.1) is 0 Å². The third-order valence-electron chi connectivity index (χ3n) is 2.24. The molecule has 2 rings (SSSR count). The average molecular weight is 284 g/mol. The fraction of sp³-hybridized carbons (Fsp3) is 0.182. The van der Waals surface area contributed by atoms with E-state index >= 15 is 0 Å². The van der Waals surface area contributed by atoms with Gasteiger partial charge in [0.1, 0.15) is 11.5 Å². The van der Waals surface area contributed by atoms with Crippen molar-refractivity contribution >= 4 is 15.9 Å². The minimum atomic E-state index is -0.290. The van der Waals surface area contributed by atoms with Crippen LogP contribution in [-0.4, -0.2) is 16.3 Å². The monoisotopic (exact) mass is 283 g/mol. The standard InChI is InChI=1S/C11H11BrFN3/c12-9-6-15-16(7-9)11-2-1-8(3-4-14)5-10(11)13/h1-2,5-7H,3-4,14H2. The predicted molar refractivity (Wildman–Crippen MR) is 64.0 cm³/mol. The summed E-state index contributed by atoms with van der Waals surface area (Å²) in [4.78, 5) is 0. The second-order valence-corrected chi connectivity index (χ2v) is 4.34. The Morgan fingerprint density at radius 1 is 1.44 bits per heavy atom. The molecule has 0 amide bonds. The minimum absolute atomic E-state index is 0.290. The molecular formula is C11H11BrFN3. The number of benzene rings is 1. The topological polar surface area (TPSA) is 43.8 Å². The van der Waals surface area contributed by atoms with E-state index in [0.29, 0.717) is 18.7 Å². The van der Waals surface area contributed by atoms with Crippen LogP contribution in [0.4, 0.5) is 4.39 Å². The van der Waals surface area contributed by atoms with Gasteiger partial charge >= 0.3 is 0 Å². The Morgan fingerprint density at radius 3 is 2.81 bits per heavy atom. The van der Waals surface area contributed by atoms with Crippen molar-refractivity contribution in [2.75, 3.05) is 6.54 Å². The van der Waals surface area contributed by atoms with Gasteiger partial charge in [0.05, 0.1) is 10.7 Å². The molecule has 1 aromatic heterocycles. The van der Waals surface area contributed by atoms with Gasteiger partial charge in [0.2, 0.25) is 0 Å². The van der Waals surface area contributed by atoms with Gasteiger partial charge in [-0.2, -0.15) is 5.10 Å². The van der Waals surface area contributed by atoms with Gasteiger partial charge in [-0.25, -0.2) is 9.07 Å². The average Bonchev–Trinajstić information content (AvgIpc) is 2.65. The molecule has 0 unspecified atom stereocenters. The summed E-state index contributed by atoms with van der Waals surface area (Å²) in [6.07, 6.45) is 4.01. The number of hydrogen-bond acceptors (Lipinski definition) is 2. The molecule has 0 aliphatic carbocycles. The van der Waals surface area contributed by atoms with Crippen molar-refractivity contribution in [2.24, 2.45) is 5.73 Å². The van der Waals surface area contributed by atoms with Gasteiger partial charge < -0.3 is 5.73 Å². The second kappa shape index (κ2) is 4.76. The van der Waals surface area contributed by atoms with Gasteiger partial charge in [-0.05, 0) is 46.6 Å². The Hall–Kier alpha value is -1.20. The summed E-state index contributed by atoms with van der Waals surface area (Å²) in [6, 6.07) is 5.07. The summed E-state index contributed by atoms with van der Waals surface area (Å²) in [5.41, 5.74) is 6.75. The van der Waals surface area contributed by atoms with Crippen molar-refractivity contribution in [3.8, 4) is 5.69 Å². The first-order chi connectivity index (χ1) is 7.70. The summed E-state index contributed by atoms with van der Waals surface area (Å²) in [6.45, 7) is 0.520. The zero-order valence-electron chi connectivity index (χ0n) is 8.53. The van der Waals surface area contributed by atoms with E-state index in [-0.39, 0.29) is 5.82 Å². The van der Waals surface area contributed by atoms with Crippen molar-refractivity contribution in [1.82, 2.24) is 9.78 Å². The lowest BCUT2D eigenvalue weighted by Crippen LogP contribution is -2.04. The summed E-state index contributed by atoms with van der Waals surface area (Å²) in [5, 5.41) is 4.03. The van der Waals surface area contributed by atoms with E-state index < -0.39 is 0 Å². The Morgan fingerprint density at radius 2 is 2.25 bits per heavy atom. The van der Waals surface area contributed by atoms with Crippen LogP contribution in [0.1, 0.15) is 5.56 Å². The molecular weight excluding hydrogens is 273 g/mol. The number of nitrogens with two attached hydrogens (primary N) is 1. The molecule has 5 heteroatoms. The van der Waals surface area contributed by atoms with E-state index in [1.165, 1.54) is 10.7 Å². The smallest absolute Gasteiger partial charge is 0.149 e. The van der Waals surface area contributed by atoms with E-state index in [1.807, 2.05) is 6.07 Å². The maximum absolute atomic E-state index is 13.8. The Kier molecular flexibility index (Phi) is 3.36. The number of aromatic nitrogens is 2. The highest BCUT2D eigenvalue weighted by molar-refractivity contribution is 9.10. The zero-order chi connectivity index (χ0) is 11.5. The summed E-state index contributed by atoms with van der Waals surface area (Å²) >= 11 is 3.27. The van der Waals surface area contributed by atoms with Crippen molar-refractivity contribution in [3.05, 3.63) is 46.4 Å². The number of halogens is 2. The highest BCUT2D eigenvalue weighted by Gasteiger charge is 2.06. The molecule has 3 nitrogen and oxygen atoms in total. The highest BCUT2D eigenvalue weighted by atomic mass is 79.9. The van der Waals surface area contributed by atoms with Crippen LogP contribution in [0.2, 0.25) is 0 Å². The molecule has 0 aliphatic rings. The van der Waals surface area contributed by atoms with Gasteiger partial charge in [0.25, 0.3) is 0 Å². The first-order valence-electron chi connectivity index (χ1n) is 4.90. The lowest BCUT2D eigenvalue weighted by molar-refractivity contribution is 0.608. The molecule has 2 aromatic rings. The third-order valence-corrected chi connectivity index (χ3v) is 2.65. The van der Waals surface area contributed by atoms with Crippen LogP contribution in [0, 0.1) is 5.82 Å². The lowest BCUT2D eigenvalue weighted by Gasteiger charge is -2.05. The normalized spacial score (nSPS) is 10.7. The van der Waals surface area contributed by atoms with E-state index in [2.05, 4.69) is 21.0 Å². The lowest BCUT2D eigenvalue weighted by atomic mass is 10.1. The summed E-state index contributed by atoms with van der Waals surface area (Å²) < 4.78 is 16.1. The first kappa shape index (κ1) is 11.3. The van der Waals surface area contributed by atoms with Gasteiger partial charge in [-0.1, -0.05) is 6.07 Å². The Labute approximate surface area is 101 Å². The maximum Gasteiger partial charge on any atom is 0.149 e. The molecule has 0 aliphatic heterocycles. The molecule has 0 saturated heterocycles. The van der Waals surface area contributed by atoms with Gasteiger partial charge in [0.15, 0.2) is 0 Å². The fourth-order valence-electron chi connectivity index (χ4n) is 1.49. The Balaban J connectivity index is 2.36. The van der Waals surface area contributed by atoms with Crippen LogP contribution in [0.15, 0.2) is 35.1 Å². The molecule has 0 spiro atoms. The largest absolute Gasteiger partial charge is 0.330 e. The van der Waals surface area contributed by atoms with Gasteiger partial charge in [0, 0.05) is 6.20 Å². The fourth-order valence-corrected chi connectivity index (χ4v) is 1.78. The van der Waals surface area contributed by atoms with Crippen LogP contribution in [0.5, 0.6) is 0 Å². The van der Waals surface area contributed by atoms with Crippen molar-refractivity contribution in [2.45, 2.75) is 6.42 Å². The van der Waals surface area contributed by atoms with E-state index in [1.54, 1.807) is 18.5 Å².